The molecule has 0 saturated heterocycles. The van der Waals surface area contributed by atoms with Crippen LogP contribution >= 0.6 is 11.8 Å². The van der Waals surface area contributed by atoms with Gasteiger partial charge in [-0.05, 0) is 37.3 Å². The van der Waals surface area contributed by atoms with Crippen LogP contribution in [-0.4, -0.2) is 30.9 Å². The van der Waals surface area contributed by atoms with Crippen molar-refractivity contribution in [1.29, 1.82) is 0 Å². The minimum atomic E-state index is -0.407. The lowest BCUT2D eigenvalue weighted by Crippen LogP contribution is -2.30. The van der Waals surface area contributed by atoms with E-state index in [-0.39, 0.29) is 6.03 Å². The SMILES string of the molecule is CCOC(=O)c1cccc(NC(=O)NCCSCc2ccco2)c1. The summed E-state index contributed by atoms with van der Waals surface area (Å²) >= 11 is 1.67. The maximum absolute atomic E-state index is 11.8. The highest BCUT2D eigenvalue weighted by Gasteiger charge is 2.08. The smallest absolute Gasteiger partial charge is 0.338 e. The van der Waals surface area contributed by atoms with Crippen molar-refractivity contribution >= 4 is 29.4 Å². The van der Waals surface area contributed by atoms with Crippen molar-refractivity contribution < 1.29 is 18.7 Å². The second-order valence-corrected chi connectivity index (χ2v) is 5.92. The number of benzene rings is 1. The summed E-state index contributed by atoms with van der Waals surface area (Å²) in [5.41, 5.74) is 0.949. The van der Waals surface area contributed by atoms with Crippen molar-refractivity contribution in [3.63, 3.8) is 0 Å². The highest BCUT2D eigenvalue weighted by molar-refractivity contribution is 7.98. The van der Waals surface area contributed by atoms with Crippen LogP contribution in [0.25, 0.3) is 0 Å². The molecular formula is C17H20N2O4S. The molecule has 1 heterocycles. The molecule has 2 N–H and O–H groups in total. The van der Waals surface area contributed by atoms with Gasteiger partial charge in [0, 0.05) is 18.0 Å². The molecule has 24 heavy (non-hydrogen) atoms. The number of carbonyl (C=O) groups excluding carboxylic acids is 2. The van der Waals surface area contributed by atoms with Crippen molar-refractivity contribution in [2.24, 2.45) is 0 Å². The number of nitrogens with one attached hydrogen (secondary N) is 2. The molecule has 128 valence electrons. The molecule has 1 aromatic carbocycles. The Hall–Kier alpha value is -2.41. The lowest BCUT2D eigenvalue weighted by Gasteiger charge is -2.08. The van der Waals surface area contributed by atoms with Crippen molar-refractivity contribution in [3.05, 3.63) is 54.0 Å². The van der Waals surface area contributed by atoms with E-state index in [4.69, 9.17) is 9.15 Å². The maximum atomic E-state index is 11.8. The number of carbonyl (C=O) groups is 2. The van der Waals surface area contributed by atoms with Crippen LogP contribution in [0.5, 0.6) is 0 Å². The van der Waals surface area contributed by atoms with Gasteiger partial charge in [-0.1, -0.05) is 6.07 Å². The summed E-state index contributed by atoms with van der Waals surface area (Å²) in [6.07, 6.45) is 1.64. The van der Waals surface area contributed by atoms with E-state index in [2.05, 4.69) is 10.6 Å². The van der Waals surface area contributed by atoms with Gasteiger partial charge >= 0.3 is 12.0 Å². The Morgan fingerprint density at radius 1 is 1.25 bits per heavy atom. The first-order valence-electron chi connectivity index (χ1n) is 7.61. The lowest BCUT2D eigenvalue weighted by molar-refractivity contribution is 0.0526. The van der Waals surface area contributed by atoms with E-state index in [1.54, 1.807) is 49.2 Å². The average Bonchev–Trinajstić information content (AvgIpc) is 3.08. The summed E-state index contributed by atoms with van der Waals surface area (Å²) in [4.78, 5) is 23.5. The quantitative estimate of drug-likeness (QED) is 0.564. The number of urea groups is 1. The summed E-state index contributed by atoms with van der Waals surface area (Å²) in [5.74, 6) is 2.06. The van der Waals surface area contributed by atoms with Gasteiger partial charge in [-0.2, -0.15) is 11.8 Å². The third-order valence-electron chi connectivity index (χ3n) is 2.99. The van der Waals surface area contributed by atoms with Crippen molar-refractivity contribution in [2.45, 2.75) is 12.7 Å². The van der Waals surface area contributed by atoms with E-state index in [9.17, 15) is 9.59 Å². The third-order valence-corrected chi connectivity index (χ3v) is 3.97. The third kappa shape index (κ3) is 6.00. The number of ether oxygens (including phenoxy) is 1. The van der Waals surface area contributed by atoms with Crippen LogP contribution in [0.3, 0.4) is 0 Å². The fraction of sp³-hybridized carbons (Fsp3) is 0.294. The monoisotopic (exact) mass is 348 g/mol. The van der Waals surface area contributed by atoms with Gasteiger partial charge in [-0.15, -0.1) is 0 Å². The molecule has 6 nitrogen and oxygen atoms in total. The number of thioether (sulfide) groups is 1. The first kappa shape index (κ1) is 17.9. The molecule has 0 saturated carbocycles. The van der Waals surface area contributed by atoms with E-state index in [0.29, 0.717) is 24.4 Å². The molecule has 0 radical (unpaired) electrons. The Balaban J connectivity index is 1.70. The number of hydrogen-bond acceptors (Lipinski definition) is 5. The number of anilines is 1. The van der Waals surface area contributed by atoms with Crippen molar-refractivity contribution in [3.8, 4) is 0 Å². The van der Waals surface area contributed by atoms with Gasteiger partial charge in [-0.25, -0.2) is 9.59 Å². The van der Waals surface area contributed by atoms with E-state index in [1.165, 1.54) is 0 Å². The molecule has 0 aliphatic heterocycles. The minimum Gasteiger partial charge on any atom is -0.468 e. The summed E-state index contributed by atoms with van der Waals surface area (Å²) in [6, 6.07) is 10.1. The van der Waals surface area contributed by atoms with E-state index in [1.807, 2.05) is 12.1 Å². The number of furan rings is 1. The van der Waals surface area contributed by atoms with Crippen LogP contribution in [0.1, 0.15) is 23.0 Å². The number of hydrogen-bond donors (Lipinski definition) is 2. The Kier molecular flexibility index (Phi) is 7.22. The second-order valence-electron chi connectivity index (χ2n) is 4.81. The summed E-state index contributed by atoms with van der Waals surface area (Å²) < 4.78 is 10.2. The van der Waals surface area contributed by atoms with Gasteiger partial charge in [0.15, 0.2) is 0 Å². The molecule has 0 spiro atoms. The summed E-state index contributed by atoms with van der Waals surface area (Å²) in [6.45, 7) is 2.60. The van der Waals surface area contributed by atoms with Gasteiger partial charge in [-0.3, -0.25) is 0 Å². The van der Waals surface area contributed by atoms with Crippen LogP contribution < -0.4 is 10.6 Å². The lowest BCUT2D eigenvalue weighted by atomic mass is 10.2. The van der Waals surface area contributed by atoms with Crippen molar-refractivity contribution in [2.75, 3.05) is 24.2 Å². The van der Waals surface area contributed by atoms with Gasteiger partial charge in [0.1, 0.15) is 5.76 Å². The van der Waals surface area contributed by atoms with Crippen LogP contribution in [0.15, 0.2) is 47.1 Å². The summed E-state index contributed by atoms with van der Waals surface area (Å²) in [7, 11) is 0. The molecule has 7 heteroatoms. The fourth-order valence-corrected chi connectivity index (χ4v) is 2.67. The van der Waals surface area contributed by atoms with Crippen LogP contribution in [-0.2, 0) is 10.5 Å². The molecule has 0 aliphatic rings. The first-order valence-corrected chi connectivity index (χ1v) is 8.76. The predicted molar refractivity (Wildman–Crippen MR) is 94.3 cm³/mol. The molecule has 2 rings (SSSR count). The average molecular weight is 348 g/mol. The second kappa shape index (κ2) is 9.67. The molecule has 2 aromatic rings. The normalized spacial score (nSPS) is 10.2. The van der Waals surface area contributed by atoms with Gasteiger partial charge in [0.2, 0.25) is 0 Å². The standard InChI is InChI=1S/C17H20N2O4S/c1-2-22-16(20)13-5-3-6-14(11-13)19-17(21)18-8-10-24-12-15-7-4-9-23-15/h3-7,9,11H,2,8,10,12H2,1H3,(H2,18,19,21). The molecule has 0 atom stereocenters. The first-order chi connectivity index (χ1) is 11.7. The minimum absolute atomic E-state index is 0.311. The van der Waals surface area contributed by atoms with Gasteiger partial charge in [0.25, 0.3) is 0 Å². The molecular weight excluding hydrogens is 328 g/mol. The molecule has 1 aromatic heterocycles. The number of rotatable bonds is 8. The van der Waals surface area contributed by atoms with Crippen molar-refractivity contribution in [1.82, 2.24) is 5.32 Å². The Bertz CT molecular complexity index is 658. The predicted octanol–water partition coefficient (Wildman–Crippen LogP) is 3.51. The molecule has 0 aliphatic carbocycles. The topological polar surface area (TPSA) is 80.6 Å². The molecule has 0 fully saturated rings. The number of amides is 2. The molecule has 2 amide bonds. The largest absolute Gasteiger partial charge is 0.468 e. The van der Waals surface area contributed by atoms with E-state index in [0.717, 1.165) is 17.3 Å². The Morgan fingerprint density at radius 2 is 2.12 bits per heavy atom. The van der Waals surface area contributed by atoms with Gasteiger partial charge < -0.3 is 19.8 Å². The highest BCUT2D eigenvalue weighted by Crippen LogP contribution is 2.13. The zero-order chi connectivity index (χ0) is 17.2. The van der Waals surface area contributed by atoms with E-state index < -0.39 is 5.97 Å². The fourth-order valence-electron chi connectivity index (χ4n) is 1.92. The summed E-state index contributed by atoms with van der Waals surface area (Å²) in [5, 5.41) is 5.47. The van der Waals surface area contributed by atoms with Crippen LogP contribution in [0.4, 0.5) is 10.5 Å². The molecule has 0 unspecified atom stereocenters. The zero-order valence-corrected chi connectivity index (χ0v) is 14.2. The van der Waals surface area contributed by atoms with E-state index >= 15 is 0 Å². The Labute approximate surface area is 144 Å². The maximum Gasteiger partial charge on any atom is 0.338 e. The molecule has 0 bridgehead atoms. The highest BCUT2D eigenvalue weighted by atomic mass is 32.2. The Morgan fingerprint density at radius 3 is 2.88 bits per heavy atom. The zero-order valence-electron chi connectivity index (χ0n) is 13.4. The van der Waals surface area contributed by atoms with Crippen LogP contribution in [0.2, 0.25) is 0 Å². The van der Waals surface area contributed by atoms with Crippen LogP contribution in [0, 0.1) is 0 Å². The van der Waals surface area contributed by atoms with Gasteiger partial charge in [0.05, 0.1) is 24.2 Å². The number of esters is 1.